The van der Waals surface area contributed by atoms with Crippen LogP contribution >= 0.6 is 0 Å². The molecular formula is C26H27N3O6. The zero-order valence-electron chi connectivity index (χ0n) is 19.7. The number of methoxy groups -OCH3 is 1. The van der Waals surface area contributed by atoms with E-state index in [-0.39, 0.29) is 18.6 Å². The summed E-state index contributed by atoms with van der Waals surface area (Å²) in [5.74, 6) is -0.191. The molecule has 0 radical (unpaired) electrons. The number of fused-ring (bicyclic) bond motifs is 1. The summed E-state index contributed by atoms with van der Waals surface area (Å²) < 4.78 is 15.6. The van der Waals surface area contributed by atoms with E-state index in [1.54, 1.807) is 36.0 Å². The maximum Gasteiger partial charge on any atom is 0.409 e. The molecule has 9 heteroatoms. The van der Waals surface area contributed by atoms with Gasteiger partial charge in [0.15, 0.2) is 6.61 Å². The first-order valence-electron chi connectivity index (χ1n) is 11.4. The molecule has 182 valence electrons. The first-order chi connectivity index (χ1) is 17.0. The molecule has 0 unspecified atom stereocenters. The quantitative estimate of drug-likeness (QED) is 0.502. The van der Waals surface area contributed by atoms with Gasteiger partial charge in [0.1, 0.15) is 5.75 Å². The van der Waals surface area contributed by atoms with E-state index in [1.807, 2.05) is 42.5 Å². The van der Waals surface area contributed by atoms with Crippen molar-refractivity contribution < 1.29 is 28.6 Å². The van der Waals surface area contributed by atoms with Crippen LogP contribution in [0.1, 0.15) is 17.3 Å². The van der Waals surface area contributed by atoms with Gasteiger partial charge in [0.2, 0.25) is 0 Å². The number of carbonyl (C=O) groups excluding carboxylic acids is 3. The number of amides is 2. The van der Waals surface area contributed by atoms with Crippen molar-refractivity contribution in [1.29, 1.82) is 0 Å². The largest absolute Gasteiger partial charge is 0.497 e. The highest BCUT2D eigenvalue weighted by Crippen LogP contribution is 2.27. The van der Waals surface area contributed by atoms with Gasteiger partial charge in [-0.2, -0.15) is 0 Å². The number of ether oxygens (including phenoxy) is 3. The molecule has 0 N–H and O–H groups in total. The molecule has 1 aromatic heterocycles. The number of piperazine rings is 1. The van der Waals surface area contributed by atoms with E-state index < -0.39 is 5.97 Å². The number of nitrogens with zero attached hydrogens (tertiary/aromatic N) is 3. The maximum atomic E-state index is 13.0. The number of benzene rings is 2. The van der Waals surface area contributed by atoms with Gasteiger partial charge in [-0.25, -0.2) is 14.6 Å². The van der Waals surface area contributed by atoms with Gasteiger partial charge < -0.3 is 24.0 Å². The SMILES string of the molecule is CCOC(=O)N1CCN(C(=O)COC(=O)c2cc(-c3ccc(OC)cc3)nc3ccccc23)CC1. The molecule has 2 amide bonds. The Kier molecular flexibility index (Phi) is 7.45. The van der Waals surface area contributed by atoms with Gasteiger partial charge in [0.05, 0.1) is 30.5 Å². The monoisotopic (exact) mass is 477 g/mol. The second kappa shape index (κ2) is 10.9. The van der Waals surface area contributed by atoms with E-state index in [4.69, 9.17) is 14.2 Å². The van der Waals surface area contributed by atoms with Crippen LogP contribution in [0.4, 0.5) is 4.79 Å². The highest BCUT2D eigenvalue weighted by Gasteiger charge is 2.26. The minimum atomic E-state index is -0.600. The fourth-order valence-electron chi connectivity index (χ4n) is 3.90. The Morgan fingerprint density at radius 3 is 2.29 bits per heavy atom. The Morgan fingerprint density at radius 2 is 1.60 bits per heavy atom. The molecule has 0 saturated carbocycles. The van der Waals surface area contributed by atoms with Gasteiger partial charge >= 0.3 is 12.1 Å². The van der Waals surface area contributed by atoms with Gasteiger partial charge in [0, 0.05) is 37.1 Å². The van der Waals surface area contributed by atoms with E-state index in [0.29, 0.717) is 54.9 Å². The van der Waals surface area contributed by atoms with E-state index in [9.17, 15) is 14.4 Å². The predicted octanol–water partition coefficient (Wildman–Crippen LogP) is 3.37. The van der Waals surface area contributed by atoms with Crippen molar-refractivity contribution in [3.63, 3.8) is 0 Å². The Morgan fingerprint density at radius 1 is 0.914 bits per heavy atom. The summed E-state index contributed by atoms with van der Waals surface area (Å²) in [5.41, 5.74) is 2.41. The third kappa shape index (κ3) is 5.51. The minimum Gasteiger partial charge on any atom is -0.497 e. The molecule has 4 rings (SSSR count). The van der Waals surface area contributed by atoms with Crippen LogP contribution in [-0.2, 0) is 14.3 Å². The number of aromatic nitrogens is 1. The van der Waals surface area contributed by atoms with E-state index >= 15 is 0 Å². The molecule has 0 aliphatic carbocycles. The zero-order valence-corrected chi connectivity index (χ0v) is 19.7. The number of carbonyl (C=O) groups is 3. The Labute approximate surface area is 203 Å². The average Bonchev–Trinajstić information content (AvgIpc) is 2.91. The molecule has 2 heterocycles. The topological polar surface area (TPSA) is 98.3 Å². The molecule has 2 aromatic carbocycles. The van der Waals surface area contributed by atoms with Crippen LogP contribution in [0.3, 0.4) is 0 Å². The van der Waals surface area contributed by atoms with Crippen molar-refractivity contribution in [3.05, 3.63) is 60.2 Å². The fourth-order valence-corrected chi connectivity index (χ4v) is 3.90. The molecule has 35 heavy (non-hydrogen) atoms. The van der Waals surface area contributed by atoms with E-state index in [2.05, 4.69) is 4.98 Å². The summed E-state index contributed by atoms with van der Waals surface area (Å²) in [5, 5.41) is 0.644. The van der Waals surface area contributed by atoms with Gasteiger partial charge in [-0.1, -0.05) is 18.2 Å². The molecule has 1 saturated heterocycles. The number of hydrogen-bond acceptors (Lipinski definition) is 7. The molecular weight excluding hydrogens is 450 g/mol. The molecule has 0 bridgehead atoms. The van der Waals surface area contributed by atoms with Crippen molar-refractivity contribution in [2.75, 3.05) is 46.5 Å². The Bertz CT molecular complexity index is 1220. The lowest BCUT2D eigenvalue weighted by Crippen LogP contribution is -2.51. The lowest BCUT2D eigenvalue weighted by molar-refractivity contribution is -0.136. The number of esters is 1. The summed E-state index contributed by atoms with van der Waals surface area (Å²) in [4.78, 5) is 45.3. The third-order valence-corrected chi connectivity index (χ3v) is 5.81. The van der Waals surface area contributed by atoms with Crippen LogP contribution in [0, 0.1) is 0 Å². The lowest BCUT2D eigenvalue weighted by Gasteiger charge is -2.33. The van der Waals surface area contributed by atoms with E-state index in [0.717, 1.165) is 11.3 Å². The number of hydrogen-bond donors (Lipinski definition) is 0. The van der Waals surface area contributed by atoms with Crippen molar-refractivity contribution in [1.82, 2.24) is 14.8 Å². The summed E-state index contributed by atoms with van der Waals surface area (Å²) in [6.07, 6.45) is -0.386. The Balaban J connectivity index is 1.46. The average molecular weight is 478 g/mol. The van der Waals surface area contributed by atoms with Crippen LogP contribution in [0.15, 0.2) is 54.6 Å². The van der Waals surface area contributed by atoms with Crippen molar-refractivity contribution in [3.8, 4) is 17.0 Å². The van der Waals surface area contributed by atoms with Gasteiger partial charge in [-0.15, -0.1) is 0 Å². The lowest BCUT2D eigenvalue weighted by atomic mass is 10.0. The van der Waals surface area contributed by atoms with Crippen molar-refractivity contribution >= 4 is 28.9 Å². The normalized spacial score (nSPS) is 13.4. The molecule has 9 nitrogen and oxygen atoms in total. The second-order valence-electron chi connectivity index (χ2n) is 7.94. The molecule has 0 atom stereocenters. The maximum absolute atomic E-state index is 13.0. The first kappa shape index (κ1) is 24.0. The molecule has 1 aliphatic heterocycles. The van der Waals surface area contributed by atoms with E-state index in [1.165, 1.54) is 0 Å². The van der Waals surface area contributed by atoms with Crippen LogP contribution in [0.5, 0.6) is 5.75 Å². The standard InChI is InChI=1S/C26H27N3O6/c1-3-34-26(32)29-14-12-28(13-15-29)24(30)17-35-25(31)21-16-23(18-8-10-19(33-2)11-9-18)27-22-7-5-4-6-20(21)22/h4-11,16H,3,12-15,17H2,1-2H3. The Hall–Kier alpha value is -4.14. The third-order valence-electron chi connectivity index (χ3n) is 5.81. The van der Waals surface area contributed by atoms with Gasteiger partial charge in [-0.05, 0) is 43.3 Å². The number of pyridine rings is 1. The first-order valence-corrected chi connectivity index (χ1v) is 11.4. The summed E-state index contributed by atoms with van der Waals surface area (Å²) in [6.45, 7) is 3.13. The number of rotatable bonds is 6. The van der Waals surface area contributed by atoms with Gasteiger partial charge in [-0.3, -0.25) is 4.79 Å². The highest BCUT2D eigenvalue weighted by molar-refractivity contribution is 6.05. The number of para-hydroxylation sites is 1. The molecule has 1 aliphatic rings. The zero-order chi connectivity index (χ0) is 24.8. The minimum absolute atomic E-state index is 0.303. The molecule has 0 spiro atoms. The summed E-state index contributed by atoms with van der Waals surface area (Å²) in [7, 11) is 1.60. The smallest absolute Gasteiger partial charge is 0.409 e. The van der Waals surface area contributed by atoms with Crippen molar-refractivity contribution in [2.45, 2.75) is 6.92 Å². The van der Waals surface area contributed by atoms with Crippen LogP contribution in [0.2, 0.25) is 0 Å². The highest BCUT2D eigenvalue weighted by atomic mass is 16.6. The van der Waals surface area contributed by atoms with Crippen molar-refractivity contribution in [2.24, 2.45) is 0 Å². The van der Waals surface area contributed by atoms with Crippen LogP contribution < -0.4 is 4.74 Å². The predicted molar refractivity (Wildman–Crippen MR) is 129 cm³/mol. The second-order valence-corrected chi connectivity index (χ2v) is 7.94. The van der Waals surface area contributed by atoms with Crippen LogP contribution in [0.25, 0.3) is 22.2 Å². The molecule has 1 fully saturated rings. The van der Waals surface area contributed by atoms with Gasteiger partial charge in [0.25, 0.3) is 5.91 Å². The summed E-state index contributed by atoms with van der Waals surface area (Å²) in [6, 6.07) is 16.4. The fraction of sp³-hybridized carbons (Fsp3) is 0.308. The molecule has 3 aromatic rings. The van der Waals surface area contributed by atoms with Crippen LogP contribution in [-0.4, -0.2) is 79.3 Å². The summed E-state index contributed by atoms with van der Waals surface area (Å²) >= 11 is 0.